The Bertz CT molecular complexity index is 470. The van der Waals surface area contributed by atoms with Gasteiger partial charge in [0.2, 0.25) is 5.91 Å². The van der Waals surface area contributed by atoms with Gasteiger partial charge in [-0.25, -0.2) is 0 Å². The molecular formula is C11H13N3O2. The average Bonchev–Trinajstić information content (AvgIpc) is 2.32. The van der Waals surface area contributed by atoms with Crippen LogP contribution in [0.1, 0.15) is 17.3 Å². The van der Waals surface area contributed by atoms with Crippen molar-refractivity contribution in [1.82, 2.24) is 4.90 Å². The maximum atomic E-state index is 12.1. The van der Waals surface area contributed by atoms with Crippen molar-refractivity contribution in [2.24, 2.45) is 0 Å². The van der Waals surface area contributed by atoms with E-state index in [1.165, 1.54) is 4.90 Å². The van der Waals surface area contributed by atoms with Gasteiger partial charge in [0.15, 0.2) is 0 Å². The van der Waals surface area contributed by atoms with Crippen LogP contribution in [-0.2, 0) is 4.79 Å². The molecule has 0 radical (unpaired) electrons. The maximum Gasteiger partial charge on any atom is 0.258 e. The van der Waals surface area contributed by atoms with E-state index >= 15 is 0 Å². The van der Waals surface area contributed by atoms with Gasteiger partial charge in [-0.15, -0.1) is 0 Å². The first-order valence-electron chi connectivity index (χ1n) is 4.99. The lowest BCUT2D eigenvalue weighted by Gasteiger charge is -2.20. The van der Waals surface area contributed by atoms with Gasteiger partial charge in [-0.2, -0.15) is 0 Å². The number of hydrogen-bond donors (Lipinski definition) is 2. The topological polar surface area (TPSA) is 75.4 Å². The summed E-state index contributed by atoms with van der Waals surface area (Å²) in [6, 6.07) is 4.52. The molecule has 3 N–H and O–H groups in total. The molecular weight excluding hydrogens is 206 g/mol. The molecule has 1 aromatic rings. The van der Waals surface area contributed by atoms with Crippen molar-refractivity contribution < 1.29 is 9.59 Å². The summed E-state index contributed by atoms with van der Waals surface area (Å²) in [5, 5.41) is 2.69. The summed E-state index contributed by atoms with van der Waals surface area (Å²) in [6.07, 6.45) is 0. The van der Waals surface area contributed by atoms with Gasteiger partial charge in [-0.05, 0) is 19.1 Å². The number of nitrogens with one attached hydrogen (secondary N) is 1. The Kier molecular flexibility index (Phi) is 2.30. The number of nitrogen functional groups attached to an aromatic ring is 1. The van der Waals surface area contributed by atoms with Crippen molar-refractivity contribution in [2.75, 3.05) is 18.1 Å². The molecule has 1 aliphatic heterocycles. The Hall–Kier alpha value is -2.04. The van der Waals surface area contributed by atoms with Crippen LogP contribution in [0.4, 0.5) is 11.4 Å². The van der Waals surface area contributed by atoms with Gasteiger partial charge in [0.1, 0.15) is 6.04 Å². The van der Waals surface area contributed by atoms with Crippen molar-refractivity contribution in [2.45, 2.75) is 13.0 Å². The summed E-state index contributed by atoms with van der Waals surface area (Å²) >= 11 is 0. The third-order valence-corrected chi connectivity index (χ3v) is 2.85. The summed E-state index contributed by atoms with van der Waals surface area (Å²) in [5.74, 6) is -0.445. The number of anilines is 2. The van der Waals surface area contributed by atoms with Crippen LogP contribution in [0.5, 0.6) is 0 Å². The van der Waals surface area contributed by atoms with E-state index in [0.29, 0.717) is 16.9 Å². The maximum absolute atomic E-state index is 12.1. The van der Waals surface area contributed by atoms with Gasteiger partial charge in [0, 0.05) is 12.7 Å². The van der Waals surface area contributed by atoms with E-state index in [1.54, 1.807) is 32.2 Å². The summed E-state index contributed by atoms with van der Waals surface area (Å²) < 4.78 is 0. The highest BCUT2D eigenvalue weighted by Gasteiger charge is 2.30. The van der Waals surface area contributed by atoms with Gasteiger partial charge < -0.3 is 16.0 Å². The first-order valence-corrected chi connectivity index (χ1v) is 4.99. The van der Waals surface area contributed by atoms with Gasteiger partial charge >= 0.3 is 0 Å². The highest BCUT2D eigenvalue weighted by Crippen LogP contribution is 2.26. The van der Waals surface area contributed by atoms with Crippen LogP contribution in [0, 0.1) is 0 Å². The lowest BCUT2D eigenvalue weighted by atomic mass is 10.1. The fourth-order valence-corrected chi connectivity index (χ4v) is 1.68. The van der Waals surface area contributed by atoms with Crippen molar-refractivity contribution in [1.29, 1.82) is 0 Å². The Morgan fingerprint density at radius 2 is 2.06 bits per heavy atom. The monoisotopic (exact) mass is 219 g/mol. The lowest BCUT2D eigenvalue weighted by Crippen LogP contribution is -2.40. The Morgan fingerprint density at radius 1 is 1.38 bits per heavy atom. The van der Waals surface area contributed by atoms with Crippen LogP contribution in [0.3, 0.4) is 0 Å². The number of benzene rings is 1. The Balaban J connectivity index is 2.61. The number of carbonyl (C=O) groups excluding carboxylic acids is 2. The minimum atomic E-state index is -0.501. The number of carbonyl (C=O) groups is 2. The van der Waals surface area contributed by atoms with E-state index in [-0.39, 0.29) is 11.8 Å². The fourth-order valence-electron chi connectivity index (χ4n) is 1.68. The Morgan fingerprint density at radius 3 is 2.75 bits per heavy atom. The Labute approximate surface area is 93.2 Å². The molecule has 1 aromatic carbocycles. The third-order valence-electron chi connectivity index (χ3n) is 2.85. The molecule has 0 saturated heterocycles. The molecule has 2 rings (SSSR count). The lowest BCUT2D eigenvalue weighted by molar-refractivity contribution is -0.119. The van der Waals surface area contributed by atoms with E-state index in [2.05, 4.69) is 5.32 Å². The van der Waals surface area contributed by atoms with Gasteiger partial charge in [0.05, 0.1) is 11.3 Å². The minimum Gasteiger partial charge on any atom is -0.398 e. The van der Waals surface area contributed by atoms with Crippen LogP contribution in [0.15, 0.2) is 18.2 Å². The van der Waals surface area contributed by atoms with Crippen LogP contribution >= 0.6 is 0 Å². The molecule has 84 valence electrons. The molecule has 1 aliphatic rings. The number of amides is 2. The molecule has 0 fully saturated rings. The molecule has 1 unspecified atom stereocenters. The first kappa shape index (κ1) is 10.5. The standard InChI is InChI=1S/C11H13N3O2/c1-6-10(15)13-8-5-3-4-7(12)9(8)11(16)14(6)2/h3-6H,12H2,1-2H3,(H,13,15). The predicted octanol–water partition coefficient (Wildman–Crippen LogP) is 0.681. The van der Waals surface area contributed by atoms with Crippen LogP contribution in [-0.4, -0.2) is 29.8 Å². The molecule has 1 heterocycles. The number of hydrogen-bond acceptors (Lipinski definition) is 3. The molecule has 0 bridgehead atoms. The second kappa shape index (κ2) is 3.52. The van der Waals surface area contributed by atoms with E-state index in [1.807, 2.05) is 0 Å². The third kappa shape index (κ3) is 1.41. The molecule has 0 aromatic heterocycles. The number of likely N-dealkylation sites (N-methyl/N-ethyl adjacent to an activating group) is 1. The van der Waals surface area contributed by atoms with Crippen LogP contribution < -0.4 is 11.1 Å². The van der Waals surface area contributed by atoms with Crippen molar-refractivity contribution >= 4 is 23.2 Å². The summed E-state index contributed by atoms with van der Waals surface area (Å²) in [6.45, 7) is 1.68. The average molecular weight is 219 g/mol. The van der Waals surface area contributed by atoms with Crippen molar-refractivity contribution in [3.63, 3.8) is 0 Å². The number of nitrogens with two attached hydrogens (primary N) is 1. The minimum absolute atomic E-state index is 0.208. The SMILES string of the molecule is CC1C(=O)Nc2cccc(N)c2C(=O)N1C. The molecule has 1 atom stereocenters. The molecule has 0 aliphatic carbocycles. The van der Waals surface area contributed by atoms with Gasteiger partial charge in [-0.1, -0.05) is 6.07 Å². The zero-order valence-corrected chi connectivity index (χ0v) is 9.15. The largest absolute Gasteiger partial charge is 0.398 e. The predicted molar refractivity (Wildman–Crippen MR) is 61.0 cm³/mol. The molecule has 2 amide bonds. The smallest absolute Gasteiger partial charge is 0.258 e. The van der Waals surface area contributed by atoms with Gasteiger partial charge in [-0.3, -0.25) is 9.59 Å². The molecule has 16 heavy (non-hydrogen) atoms. The van der Waals surface area contributed by atoms with Crippen LogP contribution in [0.2, 0.25) is 0 Å². The second-order valence-corrected chi connectivity index (χ2v) is 3.85. The summed E-state index contributed by atoms with van der Waals surface area (Å²) in [7, 11) is 1.59. The highest BCUT2D eigenvalue weighted by atomic mass is 16.2. The highest BCUT2D eigenvalue weighted by molar-refractivity contribution is 6.12. The number of rotatable bonds is 0. The van der Waals surface area contributed by atoms with E-state index < -0.39 is 6.04 Å². The molecule has 5 nitrogen and oxygen atoms in total. The van der Waals surface area contributed by atoms with Crippen molar-refractivity contribution in [3.8, 4) is 0 Å². The van der Waals surface area contributed by atoms with Crippen molar-refractivity contribution in [3.05, 3.63) is 23.8 Å². The number of fused-ring (bicyclic) bond motifs is 1. The zero-order chi connectivity index (χ0) is 11.9. The zero-order valence-electron chi connectivity index (χ0n) is 9.15. The summed E-state index contributed by atoms with van der Waals surface area (Å²) in [4.78, 5) is 25.2. The second-order valence-electron chi connectivity index (χ2n) is 3.85. The van der Waals surface area contributed by atoms with E-state index in [0.717, 1.165) is 0 Å². The summed E-state index contributed by atoms with van der Waals surface area (Å²) in [5.41, 5.74) is 6.98. The van der Waals surface area contributed by atoms with E-state index in [9.17, 15) is 9.59 Å². The first-order chi connectivity index (χ1) is 7.52. The van der Waals surface area contributed by atoms with E-state index in [4.69, 9.17) is 5.73 Å². The normalized spacial score (nSPS) is 20.1. The fraction of sp³-hybridized carbons (Fsp3) is 0.273. The molecule has 0 spiro atoms. The number of nitrogens with zero attached hydrogens (tertiary/aromatic N) is 1. The molecule has 5 heteroatoms. The quantitative estimate of drug-likeness (QED) is 0.630. The van der Waals surface area contributed by atoms with Gasteiger partial charge in [0.25, 0.3) is 5.91 Å². The van der Waals surface area contributed by atoms with Crippen LogP contribution in [0.25, 0.3) is 0 Å². The molecule has 0 saturated carbocycles.